The summed E-state index contributed by atoms with van der Waals surface area (Å²) in [6, 6.07) is 1.29. The second-order valence-corrected chi connectivity index (χ2v) is 7.66. The molecule has 6 nitrogen and oxygen atoms in total. The summed E-state index contributed by atoms with van der Waals surface area (Å²) in [6.07, 6.45) is 9.56. The van der Waals surface area contributed by atoms with Crippen molar-refractivity contribution in [1.29, 1.82) is 0 Å². The summed E-state index contributed by atoms with van der Waals surface area (Å²) in [7, 11) is 0. The van der Waals surface area contributed by atoms with E-state index in [-0.39, 0.29) is 29.9 Å². The normalized spacial score (nSPS) is 24.7. The fraction of sp³-hybridized carbons (Fsp3) is 0.895. The number of guanidine groups is 1. The summed E-state index contributed by atoms with van der Waals surface area (Å²) < 4.78 is 0. The third-order valence-electron chi connectivity index (χ3n) is 5.80. The lowest BCUT2D eigenvalue weighted by Gasteiger charge is -2.24. The van der Waals surface area contributed by atoms with Crippen molar-refractivity contribution in [3.05, 3.63) is 0 Å². The van der Waals surface area contributed by atoms with Gasteiger partial charge in [0.05, 0.1) is 6.54 Å². The Labute approximate surface area is 175 Å². The average Bonchev–Trinajstić information content (AvgIpc) is 3.36. The van der Waals surface area contributed by atoms with Gasteiger partial charge in [0, 0.05) is 51.2 Å². The van der Waals surface area contributed by atoms with Crippen molar-refractivity contribution in [3.63, 3.8) is 0 Å². The van der Waals surface area contributed by atoms with Crippen LogP contribution in [0.5, 0.6) is 0 Å². The summed E-state index contributed by atoms with van der Waals surface area (Å²) in [5.41, 5.74) is 0. The molecule has 0 aromatic carbocycles. The molecule has 0 aromatic heterocycles. The van der Waals surface area contributed by atoms with Crippen LogP contribution in [0.15, 0.2) is 4.99 Å². The molecule has 3 rings (SSSR count). The maximum Gasteiger partial charge on any atom is 0.224 e. The van der Waals surface area contributed by atoms with E-state index in [4.69, 9.17) is 0 Å². The van der Waals surface area contributed by atoms with Crippen LogP contribution in [0.2, 0.25) is 0 Å². The molecule has 1 amide bonds. The Hall–Kier alpha value is -0.570. The highest BCUT2D eigenvalue weighted by atomic mass is 127. The van der Waals surface area contributed by atoms with E-state index in [0.717, 1.165) is 51.0 Å². The Morgan fingerprint density at radius 1 is 1.08 bits per heavy atom. The zero-order valence-electron chi connectivity index (χ0n) is 16.2. The number of amides is 1. The SMILES string of the molecule is CCNC(=NCCC(=O)N1CCCC1)NC1CCN(C2CCCC2)C1.I. The Balaban J connectivity index is 0.00000243. The van der Waals surface area contributed by atoms with Crippen molar-refractivity contribution in [3.8, 4) is 0 Å². The molecule has 26 heavy (non-hydrogen) atoms. The predicted octanol–water partition coefficient (Wildman–Crippen LogP) is 2.19. The molecule has 2 heterocycles. The Bertz CT molecular complexity index is 461. The molecule has 0 radical (unpaired) electrons. The molecule has 1 atom stereocenters. The van der Waals surface area contributed by atoms with Gasteiger partial charge in [-0.2, -0.15) is 0 Å². The minimum absolute atomic E-state index is 0. The standard InChI is InChI=1S/C19H35N5O.HI/c1-2-20-19(21-11-9-18(25)23-12-5-6-13-23)22-16-10-14-24(15-16)17-7-3-4-8-17;/h16-17H,2-15H2,1H3,(H2,20,21,22);1H. The van der Waals surface area contributed by atoms with E-state index < -0.39 is 0 Å². The van der Waals surface area contributed by atoms with Crippen molar-refractivity contribution in [2.75, 3.05) is 39.3 Å². The lowest BCUT2D eigenvalue weighted by atomic mass is 10.2. The molecule has 2 saturated heterocycles. The van der Waals surface area contributed by atoms with Crippen LogP contribution in [0.25, 0.3) is 0 Å². The first kappa shape index (κ1) is 21.7. The minimum Gasteiger partial charge on any atom is -0.357 e. The molecule has 2 N–H and O–H groups in total. The summed E-state index contributed by atoms with van der Waals surface area (Å²) in [5, 5.41) is 6.92. The largest absolute Gasteiger partial charge is 0.357 e. The molecule has 2 aliphatic heterocycles. The highest BCUT2D eigenvalue weighted by molar-refractivity contribution is 14.0. The van der Waals surface area contributed by atoms with E-state index in [1.807, 2.05) is 4.90 Å². The number of carbonyl (C=O) groups excluding carboxylic acids is 1. The average molecular weight is 477 g/mol. The fourth-order valence-electron chi connectivity index (χ4n) is 4.41. The molecule has 1 aliphatic carbocycles. The molecule has 0 aromatic rings. The molecular weight excluding hydrogens is 441 g/mol. The smallest absolute Gasteiger partial charge is 0.224 e. The van der Waals surface area contributed by atoms with Gasteiger partial charge in [0.1, 0.15) is 0 Å². The van der Waals surface area contributed by atoms with Gasteiger partial charge < -0.3 is 15.5 Å². The monoisotopic (exact) mass is 477 g/mol. The predicted molar refractivity (Wildman–Crippen MR) is 117 cm³/mol. The van der Waals surface area contributed by atoms with Gasteiger partial charge >= 0.3 is 0 Å². The first-order valence-corrected chi connectivity index (χ1v) is 10.3. The van der Waals surface area contributed by atoms with Crippen LogP contribution < -0.4 is 10.6 Å². The quantitative estimate of drug-likeness (QED) is 0.350. The van der Waals surface area contributed by atoms with Gasteiger partial charge in [-0.1, -0.05) is 12.8 Å². The van der Waals surface area contributed by atoms with Crippen molar-refractivity contribution in [2.45, 2.75) is 70.4 Å². The van der Waals surface area contributed by atoms with Crippen molar-refractivity contribution in [2.24, 2.45) is 4.99 Å². The van der Waals surface area contributed by atoms with E-state index in [1.54, 1.807) is 0 Å². The van der Waals surface area contributed by atoms with E-state index in [0.29, 0.717) is 19.0 Å². The molecule has 0 bridgehead atoms. The van der Waals surface area contributed by atoms with Gasteiger partial charge in [-0.3, -0.25) is 14.7 Å². The number of hydrogen-bond donors (Lipinski definition) is 2. The number of halogens is 1. The molecule has 1 saturated carbocycles. The van der Waals surface area contributed by atoms with Crippen LogP contribution in [-0.2, 0) is 4.79 Å². The second kappa shape index (κ2) is 11.3. The van der Waals surface area contributed by atoms with Gasteiger partial charge in [0.15, 0.2) is 5.96 Å². The third-order valence-corrected chi connectivity index (χ3v) is 5.80. The van der Waals surface area contributed by atoms with E-state index >= 15 is 0 Å². The number of likely N-dealkylation sites (tertiary alicyclic amines) is 2. The Kier molecular flexibility index (Phi) is 9.45. The minimum atomic E-state index is 0. The lowest BCUT2D eigenvalue weighted by Crippen LogP contribution is -2.45. The van der Waals surface area contributed by atoms with Gasteiger partial charge in [0.25, 0.3) is 0 Å². The molecular formula is C19H36IN5O. The van der Waals surface area contributed by atoms with Crippen LogP contribution >= 0.6 is 24.0 Å². The highest BCUT2D eigenvalue weighted by Gasteiger charge is 2.30. The number of nitrogens with zero attached hydrogens (tertiary/aromatic N) is 3. The van der Waals surface area contributed by atoms with Crippen molar-refractivity contribution < 1.29 is 4.79 Å². The number of carbonyl (C=O) groups is 1. The van der Waals surface area contributed by atoms with Crippen LogP contribution in [0.3, 0.4) is 0 Å². The molecule has 1 unspecified atom stereocenters. The topological polar surface area (TPSA) is 60.0 Å². The zero-order valence-corrected chi connectivity index (χ0v) is 18.5. The first-order valence-electron chi connectivity index (χ1n) is 10.3. The van der Waals surface area contributed by atoms with E-state index in [2.05, 4.69) is 27.4 Å². The molecule has 150 valence electrons. The number of rotatable bonds is 6. The third kappa shape index (κ3) is 6.25. The van der Waals surface area contributed by atoms with Gasteiger partial charge in [-0.05, 0) is 39.0 Å². The molecule has 3 fully saturated rings. The first-order chi connectivity index (χ1) is 12.3. The van der Waals surface area contributed by atoms with Crippen LogP contribution in [-0.4, -0.2) is 73.0 Å². The van der Waals surface area contributed by atoms with Crippen LogP contribution in [0.1, 0.15) is 58.3 Å². The van der Waals surface area contributed by atoms with Crippen molar-refractivity contribution in [1.82, 2.24) is 20.4 Å². The maximum absolute atomic E-state index is 12.1. The second-order valence-electron chi connectivity index (χ2n) is 7.66. The summed E-state index contributed by atoms with van der Waals surface area (Å²) in [5.74, 6) is 1.13. The summed E-state index contributed by atoms with van der Waals surface area (Å²) in [6.45, 7) is 7.71. The number of hydrogen-bond acceptors (Lipinski definition) is 3. The molecule has 7 heteroatoms. The summed E-state index contributed by atoms with van der Waals surface area (Å²) in [4.78, 5) is 21.4. The number of nitrogens with one attached hydrogen (secondary N) is 2. The molecule has 0 spiro atoms. The van der Waals surface area contributed by atoms with Gasteiger partial charge in [0.2, 0.25) is 5.91 Å². The van der Waals surface area contributed by atoms with E-state index in [1.165, 1.54) is 38.6 Å². The highest BCUT2D eigenvalue weighted by Crippen LogP contribution is 2.26. The van der Waals surface area contributed by atoms with Crippen LogP contribution in [0.4, 0.5) is 0 Å². The van der Waals surface area contributed by atoms with Crippen molar-refractivity contribution >= 4 is 35.8 Å². The molecule has 3 aliphatic rings. The number of aliphatic imine (C=N–C) groups is 1. The van der Waals surface area contributed by atoms with Gasteiger partial charge in [-0.25, -0.2) is 0 Å². The Morgan fingerprint density at radius 3 is 2.50 bits per heavy atom. The Morgan fingerprint density at radius 2 is 1.81 bits per heavy atom. The maximum atomic E-state index is 12.1. The summed E-state index contributed by atoms with van der Waals surface area (Å²) >= 11 is 0. The fourth-order valence-corrected chi connectivity index (χ4v) is 4.41. The van der Waals surface area contributed by atoms with Gasteiger partial charge in [-0.15, -0.1) is 24.0 Å². The van der Waals surface area contributed by atoms with Crippen LogP contribution in [0, 0.1) is 0 Å². The zero-order chi connectivity index (χ0) is 17.5. The lowest BCUT2D eigenvalue weighted by molar-refractivity contribution is -0.129. The van der Waals surface area contributed by atoms with E-state index in [9.17, 15) is 4.79 Å².